The molecule has 0 radical (unpaired) electrons. The van der Waals surface area contributed by atoms with E-state index in [9.17, 15) is 9.59 Å². The summed E-state index contributed by atoms with van der Waals surface area (Å²) < 4.78 is 15.5. The lowest BCUT2D eigenvalue weighted by atomic mass is 9.97. The smallest absolute Gasteiger partial charge is 0.331 e. The van der Waals surface area contributed by atoms with Crippen molar-refractivity contribution in [3.63, 3.8) is 0 Å². The third kappa shape index (κ3) is 7.19. The number of nitriles is 1. The van der Waals surface area contributed by atoms with Gasteiger partial charge in [0.15, 0.2) is 24.7 Å². The summed E-state index contributed by atoms with van der Waals surface area (Å²) in [6, 6.07) is 14.5. The fourth-order valence-corrected chi connectivity index (χ4v) is 2.81. The van der Waals surface area contributed by atoms with E-state index in [2.05, 4.69) is 19.2 Å². The molecule has 0 fully saturated rings. The van der Waals surface area contributed by atoms with Crippen LogP contribution in [0.25, 0.3) is 6.08 Å². The first-order chi connectivity index (χ1) is 15.0. The number of nitrogens with zero attached hydrogens (tertiary/aromatic N) is 1. The van der Waals surface area contributed by atoms with E-state index in [1.165, 1.54) is 19.3 Å². The Hall–Kier alpha value is -3.79. The van der Waals surface area contributed by atoms with Gasteiger partial charge in [-0.2, -0.15) is 5.26 Å². The minimum Gasteiger partial charge on any atom is -0.493 e. The molecule has 0 aliphatic heterocycles. The van der Waals surface area contributed by atoms with E-state index >= 15 is 0 Å². The van der Waals surface area contributed by atoms with Crippen LogP contribution in [0.4, 0.5) is 5.69 Å². The molecule has 0 heterocycles. The molecule has 0 spiro atoms. The zero-order valence-electron chi connectivity index (χ0n) is 17.9. The van der Waals surface area contributed by atoms with E-state index in [0.29, 0.717) is 23.0 Å². The molecule has 0 aliphatic rings. The Morgan fingerprint density at radius 2 is 1.97 bits per heavy atom. The number of nitrogens with one attached hydrogen (secondary N) is 1. The Kier molecular flexibility index (Phi) is 9.12. The Morgan fingerprint density at radius 1 is 1.19 bits per heavy atom. The maximum Gasteiger partial charge on any atom is 0.331 e. The van der Waals surface area contributed by atoms with Crippen LogP contribution in [0.5, 0.6) is 11.5 Å². The van der Waals surface area contributed by atoms with E-state index in [1.54, 1.807) is 18.2 Å². The molecule has 0 unspecified atom stereocenters. The first-order valence-corrected chi connectivity index (χ1v) is 9.89. The second-order valence-electron chi connectivity index (χ2n) is 6.74. The fraction of sp³-hybridized carbons (Fsp3) is 0.292. The summed E-state index contributed by atoms with van der Waals surface area (Å²) in [5.41, 5.74) is 2.44. The van der Waals surface area contributed by atoms with Gasteiger partial charge in [0.25, 0.3) is 5.91 Å². The van der Waals surface area contributed by atoms with Crippen molar-refractivity contribution in [2.75, 3.05) is 25.6 Å². The summed E-state index contributed by atoms with van der Waals surface area (Å²) in [5.74, 6) is 0.117. The summed E-state index contributed by atoms with van der Waals surface area (Å²) in [5, 5.41) is 11.4. The second kappa shape index (κ2) is 12.0. The zero-order valence-corrected chi connectivity index (χ0v) is 17.9. The molecule has 0 aromatic heterocycles. The number of hydrogen-bond donors (Lipinski definition) is 1. The quantitative estimate of drug-likeness (QED) is 0.453. The first-order valence-electron chi connectivity index (χ1n) is 9.89. The molecule has 2 aromatic rings. The van der Waals surface area contributed by atoms with Crippen LogP contribution in [-0.4, -0.2) is 32.2 Å². The van der Waals surface area contributed by atoms with Gasteiger partial charge in [0.1, 0.15) is 6.07 Å². The monoisotopic (exact) mass is 422 g/mol. The molecule has 2 rings (SSSR count). The Balaban J connectivity index is 1.91. The zero-order chi connectivity index (χ0) is 22.6. The molecule has 2 aromatic carbocycles. The van der Waals surface area contributed by atoms with Crippen molar-refractivity contribution in [3.05, 3.63) is 59.7 Å². The summed E-state index contributed by atoms with van der Waals surface area (Å²) >= 11 is 0. The van der Waals surface area contributed by atoms with Crippen LogP contribution in [0.2, 0.25) is 0 Å². The number of benzene rings is 2. The molecule has 0 saturated carbocycles. The number of carbonyl (C=O) groups excluding carboxylic acids is 2. The van der Waals surface area contributed by atoms with Crippen molar-refractivity contribution in [2.45, 2.75) is 26.2 Å². The third-order valence-electron chi connectivity index (χ3n) is 4.62. The summed E-state index contributed by atoms with van der Waals surface area (Å²) in [6.45, 7) is 3.69. The number of rotatable bonds is 10. The van der Waals surface area contributed by atoms with E-state index in [1.807, 2.05) is 30.3 Å². The number of ether oxygens (including phenoxy) is 3. The Morgan fingerprint density at radius 3 is 2.68 bits per heavy atom. The lowest BCUT2D eigenvalue weighted by Gasteiger charge is -2.15. The Bertz CT molecular complexity index is 978. The molecule has 1 N–H and O–H groups in total. The average molecular weight is 422 g/mol. The molecule has 1 atom stereocenters. The van der Waals surface area contributed by atoms with Gasteiger partial charge >= 0.3 is 5.97 Å². The average Bonchev–Trinajstić information content (AvgIpc) is 2.80. The maximum absolute atomic E-state index is 12.2. The van der Waals surface area contributed by atoms with Gasteiger partial charge in [0.05, 0.1) is 7.11 Å². The molecule has 7 nitrogen and oxygen atoms in total. The van der Waals surface area contributed by atoms with Gasteiger partial charge in [-0.15, -0.1) is 0 Å². The normalized spacial score (nSPS) is 11.4. The molecular weight excluding hydrogens is 396 g/mol. The molecule has 0 aliphatic carbocycles. The van der Waals surface area contributed by atoms with Crippen molar-refractivity contribution >= 4 is 23.6 Å². The molecular formula is C24H26N2O5. The number of anilines is 1. The fourth-order valence-electron chi connectivity index (χ4n) is 2.81. The lowest BCUT2D eigenvalue weighted by molar-refractivity contribution is -0.142. The highest BCUT2D eigenvalue weighted by Gasteiger charge is 2.12. The highest BCUT2D eigenvalue weighted by molar-refractivity contribution is 5.95. The largest absolute Gasteiger partial charge is 0.493 e. The van der Waals surface area contributed by atoms with Crippen LogP contribution >= 0.6 is 0 Å². The van der Waals surface area contributed by atoms with Gasteiger partial charge in [0, 0.05) is 11.8 Å². The van der Waals surface area contributed by atoms with E-state index in [0.717, 1.165) is 17.7 Å². The second-order valence-corrected chi connectivity index (χ2v) is 6.74. The first kappa shape index (κ1) is 23.5. The number of carbonyl (C=O) groups is 2. The Labute approximate surface area is 182 Å². The van der Waals surface area contributed by atoms with Gasteiger partial charge in [-0.1, -0.05) is 38.1 Å². The van der Waals surface area contributed by atoms with Crippen molar-refractivity contribution in [2.24, 2.45) is 0 Å². The molecule has 0 saturated heterocycles. The van der Waals surface area contributed by atoms with Gasteiger partial charge < -0.3 is 19.5 Å². The van der Waals surface area contributed by atoms with Crippen LogP contribution in [-0.2, 0) is 14.3 Å². The van der Waals surface area contributed by atoms with Gasteiger partial charge in [-0.05, 0) is 47.7 Å². The molecule has 31 heavy (non-hydrogen) atoms. The molecule has 162 valence electrons. The number of methoxy groups -OCH3 is 1. The van der Waals surface area contributed by atoms with Gasteiger partial charge in [-0.3, -0.25) is 4.79 Å². The maximum atomic E-state index is 12.2. The number of para-hydroxylation sites is 1. The van der Waals surface area contributed by atoms with Crippen LogP contribution in [0.3, 0.4) is 0 Å². The number of esters is 1. The van der Waals surface area contributed by atoms with Crippen LogP contribution in [0.1, 0.15) is 37.3 Å². The third-order valence-corrected chi connectivity index (χ3v) is 4.62. The minimum atomic E-state index is -0.644. The molecule has 1 amide bonds. The number of hydrogen-bond acceptors (Lipinski definition) is 6. The van der Waals surface area contributed by atoms with Crippen molar-refractivity contribution in [3.8, 4) is 17.6 Å². The highest BCUT2D eigenvalue weighted by atomic mass is 16.5. The van der Waals surface area contributed by atoms with Crippen LogP contribution in [0.15, 0.2) is 48.5 Å². The molecule has 7 heteroatoms. The van der Waals surface area contributed by atoms with Gasteiger partial charge in [-0.25, -0.2) is 4.79 Å². The SMILES string of the molecule is CC[C@H](C)c1ccccc1NC(=O)COC(=O)/C=C/c1ccc(OCC#N)c(OC)c1. The van der Waals surface area contributed by atoms with Crippen molar-refractivity contribution in [1.29, 1.82) is 5.26 Å². The van der Waals surface area contributed by atoms with E-state index in [4.69, 9.17) is 19.5 Å². The van der Waals surface area contributed by atoms with Gasteiger partial charge in [0.2, 0.25) is 0 Å². The lowest BCUT2D eigenvalue weighted by Crippen LogP contribution is -2.21. The van der Waals surface area contributed by atoms with E-state index in [-0.39, 0.29) is 13.2 Å². The van der Waals surface area contributed by atoms with Crippen molar-refractivity contribution in [1.82, 2.24) is 0 Å². The summed E-state index contributed by atoms with van der Waals surface area (Å²) in [7, 11) is 1.48. The highest BCUT2D eigenvalue weighted by Crippen LogP contribution is 2.28. The molecule has 0 bridgehead atoms. The minimum absolute atomic E-state index is 0.0955. The predicted molar refractivity (Wildman–Crippen MR) is 118 cm³/mol. The van der Waals surface area contributed by atoms with Crippen LogP contribution in [0, 0.1) is 11.3 Å². The van der Waals surface area contributed by atoms with Crippen LogP contribution < -0.4 is 14.8 Å². The predicted octanol–water partition coefficient (Wildman–Crippen LogP) is 4.31. The standard InChI is InChI=1S/C24H26N2O5/c1-4-17(2)19-7-5-6-8-20(19)26-23(27)16-31-24(28)12-10-18-9-11-21(30-14-13-25)22(15-18)29-3/h5-12,15,17H,4,14,16H2,1-3H3,(H,26,27)/b12-10+/t17-/m0/s1. The van der Waals surface area contributed by atoms with Crippen molar-refractivity contribution < 1.29 is 23.8 Å². The number of amides is 1. The summed E-state index contributed by atoms with van der Waals surface area (Å²) in [6.07, 6.45) is 3.71. The summed E-state index contributed by atoms with van der Waals surface area (Å²) in [4.78, 5) is 24.2. The topological polar surface area (TPSA) is 97.6 Å². The van der Waals surface area contributed by atoms with E-state index < -0.39 is 11.9 Å².